The van der Waals surface area contributed by atoms with E-state index in [9.17, 15) is 4.79 Å². The highest BCUT2D eigenvalue weighted by molar-refractivity contribution is 5.67. The summed E-state index contributed by atoms with van der Waals surface area (Å²) >= 11 is 0. The maximum absolute atomic E-state index is 11.6. The molecule has 0 aromatic carbocycles. The average molecular weight is 215 g/mol. The number of methoxy groups -OCH3 is 1. The normalized spacial score (nSPS) is 26.5. The summed E-state index contributed by atoms with van der Waals surface area (Å²) in [6.45, 7) is 5.93. The number of rotatable bonds is 3. The Labute approximate surface area is 91.5 Å². The molecule has 88 valence electrons. The summed E-state index contributed by atoms with van der Waals surface area (Å²) in [6, 6.07) is 0. The SMILES string of the molecule is CCCOC(=O)N1CCCC(C)(OC)C1. The number of hydrogen-bond donors (Lipinski definition) is 0. The van der Waals surface area contributed by atoms with Crippen LogP contribution in [0.3, 0.4) is 0 Å². The van der Waals surface area contributed by atoms with Gasteiger partial charge in [-0.3, -0.25) is 0 Å². The fourth-order valence-electron chi connectivity index (χ4n) is 1.81. The van der Waals surface area contributed by atoms with Gasteiger partial charge in [0.1, 0.15) is 0 Å². The van der Waals surface area contributed by atoms with Crippen molar-refractivity contribution in [1.29, 1.82) is 0 Å². The van der Waals surface area contributed by atoms with E-state index in [0.717, 1.165) is 25.8 Å². The molecule has 0 aromatic rings. The lowest BCUT2D eigenvalue weighted by atomic mass is 9.95. The van der Waals surface area contributed by atoms with Crippen molar-refractivity contribution in [1.82, 2.24) is 4.90 Å². The minimum Gasteiger partial charge on any atom is -0.449 e. The summed E-state index contributed by atoms with van der Waals surface area (Å²) < 4.78 is 10.5. The first kappa shape index (κ1) is 12.3. The van der Waals surface area contributed by atoms with Gasteiger partial charge in [0.15, 0.2) is 0 Å². The number of nitrogens with zero attached hydrogens (tertiary/aromatic N) is 1. The highest BCUT2D eigenvalue weighted by Crippen LogP contribution is 2.24. The maximum Gasteiger partial charge on any atom is 0.409 e. The van der Waals surface area contributed by atoms with Crippen LogP contribution in [0.2, 0.25) is 0 Å². The Balaban J connectivity index is 2.45. The smallest absolute Gasteiger partial charge is 0.409 e. The van der Waals surface area contributed by atoms with Crippen LogP contribution < -0.4 is 0 Å². The lowest BCUT2D eigenvalue weighted by Crippen LogP contribution is -2.49. The first-order valence-electron chi connectivity index (χ1n) is 5.58. The second-order valence-corrected chi connectivity index (χ2v) is 4.29. The zero-order valence-electron chi connectivity index (χ0n) is 9.91. The van der Waals surface area contributed by atoms with Crippen molar-refractivity contribution in [2.75, 3.05) is 26.8 Å². The molecule has 1 amide bonds. The van der Waals surface area contributed by atoms with Crippen LogP contribution in [0.4, 0.5) is 4.79 Å². The molecule has 0 bridgehead atoms. The fraction of sp³-hybridized carbons (Fsp3) is 0.909. The summed E-state index contributed by atoms with van der Waals surface area (Å²) in [6.07, 6.45) is 2.63. The van der Waals surface area contributed by atoms with Crippen LogP contribution in [0.5, 0.6) is 0 Å². The Hall–Kier alpha value is -0.770. The van der Waals surface area contributed by atoms with Gasteiger partial charge in [-0.2, -0.15) is 0 Å². The molecule has 1 saturated heterocycles. The van der Waals surface area contributed by atoms with Crippen molar-refractivity contribution in [2.24, 2.45) is 0 Å². The first-order chi connectivity index (χ1) is 7.11. The predicted octanol–water partition coefficient (Wildman–Crippen LogP) is 2.03. The number of piperidine rings is 1. The molecule has 1 heterocycles. The number of carbonyl (C=O) groups is 1. The predicted molar refractivity (Wildman–Crippen MR) is 57.9 cm³/mol. The second-order valence-electron chi connectivity index (χ2n) is 4.29. The van der Waals surface area contributed by atoms with Gasteiger partial charge in [-0.15, -0.1) is 0 Å². The van der Waals surface area contributed by atoms with Gasteiger partial charge in [0.05, 0.1) is 18.8 Å². The minimum absolute atomic E-state index is 0.205. The highest BCUT2D eigenvalue weighted by Gasteiger charge is 2.33. The van der Waals surface area contributed by atoms with Crippen LogP contribution in [0.1, 0.15) is 33.1 Å². The number of likely N-dealkylation sites (tertiary alicyclic amines) is 1. The van der Waals surface area contributed by atoms with Gasteiger partial charge in [-0.05, 0) is 26.2 Å². The van der Waals surface area contributed by atoms with E-state index in [2.05, 4.69) is 0 Å². The maximum atomic E-state index is 11.6. The Morgan fingerprint density at radius 3 is 2.87 bits per heavy atom. The Morgan fingerprint density at radius 2 is 2.27 bits per heavy atom. The van der Waals surface area contributed by atoms with E-state index in [1.807, 2.05) is 13.8 Å². The van der Waals surface area contributed by atoms with Crippen molar-refractivity contribution < 1.29 is 14.3 Å². The van der Waals surface area contributed by atoms with Crippen molar-refractivity contribution in [3.05, 3.63) is 0 Å². The zero-order chi connectivity index (χ0) is 11.3. The molecule has 1 fully saturated rings. The quantitative estimate of drug-likeness (QED) is 0.723. The van der Waals surface area contributed by atoms with Gasteiger partial charge >= 0.3 is 6.09 Å². The van der Waals surface area contributed by atoms with E-state index < -0.39 is 0 Å². The molecule has 0 aromatic heterocycles. The topological polar surface area (TPSA) is 38.8 Å². The molecule has 0 spiro atoms. The number of carbonyl (C=O) groups excluding carboxylic acids is 1. The van der Waals surface area contributed by atoms with Gasteiger partial charge in [0.2, 0.25) is 0 Å². The van der Waals surface area contributed by atoms with Crippen LogP contribution >= 0.6 is 0 Å². The molecule has 0 aliphatic carbocycles. The summed E-state index contributed by atoms with van der Waals surface area (Å²) in [4.78, 5) is 13.3. The van der Waals surface area contributed by atoms with E-state index in [-0.39, 0.29) is 11.7 Å². The molecule has 0 radical (unpaired) electrons. The molecule has 15 heavy (non-hydrogen) atoms. The summed E-state index contributed by atoms with van der Waals surface area (Å²) in [5.41, 5.74) is -0.205. The van der Waals surface area contributed by atoms with Crippen molar-refractivity contribution in [2.45, 2.75) is 38.7 Å². The van der Waals surface area contributed by atoms with Gasteiger partial charge < -0.3 is 14.4 Å². The van der Waals surface area contributed by atoms with Crippen LogP contribution in [0.25, 0.3) is 0 Å². The van der Waals surface area contributed by atoms with E-state index in [0.29, 0.717) is 13.2 Å². The highest BCUT2D eigenvalue weighted by atomic mass is 16.6. The molecule has 0 N–H and O–H groups in total. The molecule has 1 aliphatic heterocycles. The Kier molecular flexibility index (Phi) is 4.39. The monoisotopic (exact) mass is 215 g/mol. The number of amides is 1. The molecule has 0 saturated carbocycles. The average Bonchev–Trinajstić information content (AvgIpc) is 2.26. The van der Waals surface area contributed by atoms with Crippen LogP contribution in [-0.2, 0) is 9.47 Å². The van der Waals surface area contributed by atoms with E-state index >= 15 is 0 Å². The molecule has 4 nitrogen and oxygen atoms in total. The third-order valence-corrected chi connectivity index (χ3v) is 2.84. The summed E-state index contributed by atoms with van der Waals surface area (Å²) in [7, 11) is 1.70. The van der Waals surface area contributed by atoms with Gasteiger partial charge in [0, 0.05) is 13.7 Å². The van der Waals surface area contributed by atoms with Gasteiger partial charge in [-0.25, -0.2) is 4.79 Å². The molecule has 1 atom stereocenters. The molecule has 1 aliphatic rings. The second kappa shape index (κ2) is 5.35. The molecular formula is C11H21NO3. The largest absolute Gasteiger partial charge is 0.449 e. The van der Waals surface area contributed by atoms with Gasteiger partial charge in [-0.1, -0.05) is 6.92 Å². The molecule has 1 rings (SSSR count). The van der Waals surface area contributed by atoms with Crippen molar-refractivity contribution in [3.8, 4) is 0 Å². The van der Waals surface area contributed by atoms with E-state index in [1.165, 1.54) is 0 Å². The summed E-state index contributed by atoms with van der Waals surface area (Å²) in [5.74, 6) is 0. The van der Waals surface area contributed by atoms with Crippen LogP contribution in [-0.4, -0.2) is 43.4 Å². The zero-order valence-corrected chi connectivity index (χ0v) is 9.91. The Bertz CT molecular complexity index is 220. The number of hydrogen-bond acceptors (Lipinski definition) is 3. The fourth-order valence-corrected chi connectivity index (χ4v) is 1.81. The minimum atomic E-state index is -0.208. The molecular weight excluding hydrogens is 194 g/mol. The van der Waals surface area contributed by atoms with Gasteiger partial charge in [0.25, 0.3) is 0 Å². The first-order valence-corrected chi connectivity index (χ1v) is 5.58. The third-order valence-electron chi connectivity index (χ3n) is 2.84. The standard InChI is InChI=1S/C11H21NO3/c1-4-8-15-10(13)12-7-5-6-11(2,9-12)14-3/h4-9H2,1-3H3. The van der Waals surface area contributed by atoms with Crippen molar-refractivity contribution >= 4 is 6.09 Å². The summed E-state index contributed by atoms with van der Waals surface area (Å²) in [5, 5.41) is 0. The van der Waals surface area contributed by atoms with Crippen LogP contribution in [0, 0.1) is 0 Å². The van der Waals surface area contributed by atoms with E-state index in [4.69, 9.17) is 9.47 Å². The lowest BCUT2D eigenvalue weighted by molar-refractivity contribution is -0.0482. The number of ether oxygens (including phenoxy) is 2. The Morgan fingerprint density at radius 1 is 1.53 bits per heavy atom. The van der Waals surface area contributed by atoms with Crippen molar-refractivity contribution in [3.63, 3.8) is 0 Å². The molecule has 1 unspecified atom stereocenters. The third kappa shape index (κ3) is 3.38. The van der Waals surface area contributed by atoms with E-state index in [1.54, 1.807) is 12.0 Å². The van der Waals surface area contributed by atoms with Crippen LogP contribution in [0.15, 0.2) is 0 Å². The molecule has 4 heteroatoms. The lowest BCUT2D eigenvalue weighted by Gasteiger charge is -2.38.